The molecule has 1 aromatic heterocycles. The van der Waals surface area contributed by atoms with Gasteiger partial charge in [-0.25, -0.2) is 4.98 Å². The molecule has 4 rings (SSSR count). The highest BCUT2D eigenvalue weighted by Crippen LogP contribution is 2.35. The number of carbonyl (C=O) groups excluding carboxylic acids is 2. The Hall–Kier alpha value is -2.67. The molecular weight excluding hydrogens is 390 g/mol. The van der Waals surface area contributed by atoms with Crippen molar-refractivity contribution < 1.29 is 9.59 Å². The van der Waals surface area contributed by atoms with Crippen LogP contribution in [0.5, 0.6) is 0 Å². The van der Waals surface area contributed by atoms with Gasteiger partial charge in [-0.15, -0.1) is 0 Å². The van der Waals surface area contributed by atoms with E-state index in [1.807, 2.05) is 29.2 Å². The number of carbonyl (C=O) groups is 2. The van der Waals surface area contributed by atoms with Crippen LogP contribution < -0.4 is 10.6 Å². The van der Waals surface area contributed by atoms with E-state index >= 15 is 0 Å². The first-order valence-corrected chi connectivity index (χ1v) is 11.2. The molecule has 0 aliphatic carbocycles. The van der Waals surface area contributed by atoms with Crippen molar-refractivity contribution in [2.45, 2.75) is 57.4 Å². The molecule has 2 aliphatic rings. The Kier molecular flexibility index (Phi) is 5.88. The lowest BCUT2D eigenvalue weighted by Gasteiger charge is -2.44. The van der Waals surface area contributed by atoms with Crippen molar-refractivity contribution in [3.8, 4) is 0 Å². The van der Waals surface area contributed by atoms with E-state index in [1.54, 1.807) is 6.33 Å². The van der Waals surface area contributed by atoms with Crippen LogP contribution in [0.25, 0.3) is 0 Å². The number of imidazole rings is 1. The number of hydrogen-bond donors (Lipinski definition) is 3. The van der Waals surface area contributed by atoms with Crippen LogP contribution in [0.4, 0.5) is 0 Å². The highest BCUT2D eigenvalue weighted by atomic mass is 16.2. The molecule has 3 heterocycles. The van der Waals surface area contributed by atoms with Gasteiger partial charge in [0.05, 0.1) is 17.6 Å². The summed E-state index contributed by atoms with van der Waals surface area (Å²) in [5.41, 5.74) is 4.10. The Bertz CT molecular complexity index is 934. The summed E-state index contributed by atoms with van der Waals surface area (Å²) in [5.74, 6) is -0.0420. The van der Waals surface area contributed by atoms with Crippen molar-refractivity contribution in [3.05, 3.63) is 53.1 Å². The van der Waals surface area contributed by atoms with E-state index in [4.69, 9.17) is 0 Å². The molecule has 1 fully saturated rings. The van der Waals surface area contributed by atoms with Crippen molar-refractivity contribution in [2.75, 3.05) is 26.2 Å². The number of benzene rings is 1. The maximum absolute atomic E-state index is 12.7. The topological polar surface area (TPSA) is 90.1 Å². The number of fused-ring (bicyclic) bond motifs is 2. The summed E-state index contributed by atoms with van der Waals surface area (Å²) in [6.07, 6.45) is 4.79. The molecule has 2 aromatic rings. The van der Waals surface area contributed by atoms with Crippen LogP contribution in [0.3, 0.4) is 0 Å². The van der Waals surface area contributed by atoms with Gasteiger partial charge in [0.1, 0.15) is 0 Å². The van der Waals surface area contributed by atoms with Gasteiger partial charge in [0.2, 0.25) is 5.91 Å². The van der Waals surface area contributed by atoms with Gasteiger partial charge in [0.15, 0.2) is 0 Å². The number of aromatic nitrogens is 2. The standard InChI is InChI=1S/C24H33N5O2/c1-23(2,3)18-6-4-17(5-7-18)22(31)25-12-9-20(30)29-14-10-24(11-15-29)21-19(8-13-28-24)26-16-27-21/h4-7,16,28H,8-15H2,1-3H3,(H,25,31)(H,26,27). The normalized spacial score (nSPS) is 18.0. The third-order valence-electron chi connectivity index (χ3n) is 6.62. The van der Waals surface area contributed by atoms with Crippen LogP contribution in [-0.4, -0.2) is 52.9 Å². The van der Waals surface area contributed by atoms with E-state index in [9.17, 15) is 9.59 Å². The second-order valence-corrected chi connectivity index (χ2v) is 9.70. The summed E-state index contributed by atoms with van der Waals surface area (Å²) in [4.78, 5) is 34.8. The Balaban J connectivity index is 1.25. The van der Waals surface area contributed by atoms with E-state index in [-0.39, 0.29) is 22.8 Å². The summed E-state index contributed by atoms with van der Waals surface area (Å²) in [6.45, 7) is 9.14. The predicted octanol–water partition coefficient (Wildman–Crippen LogP) is 2.49. The van der Waals surface area contributed by atoms with Crippen LogP contribution in [0, 0.1) is 0 Å². The highest BCUT2D eigenvalue weighted by molar-refractivity contribution is 5.94. The molecule has 1 saturated heterocycles. The predicted molar refractivity (Wildman–Crippen MR) is 120 cm³/mol. The van der Waals surface area contributed by atoms with Gasteiger partial charge in [-0.3, -0.25) is 9.59 Å². The molecule has 0 unspecified atom stereocenters. The largest absolute Gasteiger partial charge is 0.352 e. The van der Waals surface area contributed by atoms with Crippen LogP contribution >= 0.6 is 0 Å². The summed E-state index contributed by atoms with van der Waals surface area (Å²) < 4.78 is 0. The van der Waals surface area contributed by atoms with Crippen molar-refractivity contribution >= 4 is 11.8 Å². The first-order valence-electron chi connectivity index (χ1n) is 11.2. The number of hydrogen-bond acceptors (Lipinski definition) is 4. The Morgan fingerprint density at radius 3 is 2.55 bits per heavy atom. The monoisotopic (exact) mass is 423 g/mol. The molecule has 2 amide bonds. The second kappa shape index (κ2) is 8.46. The molecular formula is C24H33N5O2. The van der Waals surface area contributed by atoms with Crippen molar-refractivity contribution in [2.24, 2.45) is 0 Å². The van der Waals surface area contributed by atoms with Crippen molar-refractivity contribution in [1.82, 2.24) is 25.5 Å². The third-order valence-corrected chi connectivity index (χ3v) is 6.62. The molecule has 0 radical (unpaired) electrons. The summed E-state index contributed by atoms with van der Waals surface area (Å²) in [7, 11) is 0. The average molecular weight is 424 g/mol. The lowest BCUT2D eigenvalue weighted by atomic mass is 9.80. The molecule has 31 heavy (non-hydrogen) atoms. The summed E-state index contributed by atoms with van der Waals surface area (Å²) in [6, 6.07) is 7.69. The van der Waals surface area contributed by atoms with Gasteiger partial charge >= 0.3 is 0 Å². The summed E-state index contributed by atoms with van der Waals surface area (Å²) >= 11 is 0. The number of H-pyrrole nitrogens is 1. The molecule has 3 N–H and O–H groups in total. The molecule has 0 saturated carbocycles. The first-order chi connectivity index (χ1) is 14.8. The van der Waals surface area contributed by atoms with Gasteiger partial charge in [-0.05, 0) is 36.0 Å². The fourth-order valence-electron chi connectivity index (χ4n) is 4.65. The minimum absolute atomic E-state index is 0.0559. The van der Waals surface area contributed by atoms with E-state index in [2.05, 4.69) is 41.4 Å². The van der Waals surface area contributed by atoms with Gasteiger partial charge < -0.3 is 20.5 Å². The Labute approximate surface area is 184 Å². The second-order valence-electron chi connectivity index (χ2n) is 9.70. The smallest absolute Gasteiger partial charge is 0.251 e. The molecule has 166 valence electrons. The number of nitrogens with one attached hydrogen (secondary N) is 3. The zero-order valence-corrected chi connectivity index (χ0v) is 18.8. The maximum Gasteiger partial charge on any atom is 0.251 e. The van der Waals surface area contributed by atoms with Gasteiger partial charge in [0.25, 0.3) is 5.91 Å². The van der Waals surface area contributed by atoms with E-state index < -0.39 is 0 Å². The molecule has 2 aliphatic heterocycles. The van der Waals surface area contributed by atoms with E-state index in [1.165, 1.54) is 11.3 Å². The molecule has 7 heteroatoms. The van der Waals surface area contributed by atoms with Crippen LogP contribution in [0.15, 0.2) is 30.6 Å². The molecule has 1 aromatic carbocycles. The quantitative estimate of drug-likeness (QED) is 0.705. The average Bonchev–Trinajstić information content (AvgIpc) is 3.24. The molecule has 0 bridgehead atoms. The highest BCUT2D eigenvalue weighted by Gasteiger charge is 2.41. The van der Waals surface area contributed by atoms with Crippen molar-refractivity contribution in [1.29, 1.82) is 0 Å². The van der Waals surface area contributed by atoms with Crippen molar-refractivity contribution in [3.63, 3.8) is 0 Å². The van der Waals surface area contributed by atoms with E-state index in [0.29, 0.717) is 31.6 Å². The van der Waals surface area contributed by atoms with Gasteiger partial charge in [-0.1, -0.05) is 32.9 Å². The SMILES string of the molecule is CC(C)(C)c1ccc(C(=O)NCCC(=O)N2CCC3(CC2)NCCc2[nH]cnc23)cc1. The fourth-order valence-corrected chi connectivity index (χ4v) is 4.65. The third kappa shape index (κ3) is 4.51. The molecule has 7 nitrogen and oxygen atoms in total. The minimum Gasteiger partial charge on any atom is -0.352 e. The Morgan fingerprint density at radius 2 is 1.87 bits per heavy atom. The van der Waals surface area contributed by atoms with Crippen LogP contribution in [0.1, 0.15) is 67.3 Å². The molecule has 0 atom stereocenters. The number of nitrogens with zero attached hydrogens (tertiary/aromatic N) is 2. The number of rotatable bonds is 4. The fraction of sp³-hybridized carbons (Fsp3) is 0.542. The summed E-state index contributed by atoms with van der Waals surface area (Å²) in [5, 5.41) is 6.53. The maximum atomic E-state index is 12.7. The number of piperidine rings is 1. The first kappa shape index (κ1) is 21.6. The minimum atomic E-state index is -0.136. The van der Waals surface area contributed by atoms with Gasteiger partial charge in [0, 0.05) is 50.3 Å². The lowest BCUT2D eigenvalue weighted by molar-refractivity contribution is -0.132. The number of amides is 2. The van der Waals surface area contributed by atoms with Crippen LogP contribution in [-0.2, 0) is 22.2 Å². The Morgan fingerprint density at radius 1 is 1.16 bits per heavy atom. The number of aromatic amines is 1. The van der Waals surface area contributed by atoms with Gasteiger partial charge in [-0.2, -0.15) is 0 Å². The zero-order valence-electron chi connectivity index (χ0n) is 18.8. The van der Waals surface area contributed by atoms with Crippen LogP contribution in [0.2, 0.25) is 0 Å². The van der Waals surface area contributed by atoms with E-state index in [0.717, 1.165) is 31.5 Å². The lowest BCUT2D eigenvalue weighted by Crippen LogP contribution is -2.55. The zero-order chi connectivity index (χ0) is 22.1. The molecule has 1 spiro atoms. The number of likely N-dealkylation sites (tertiary alicyclic amines) is 1.